The maximum atomic E-state index is 12.7. The third kappa shape index (κ3) is 2.67. The van der Waals surface area contributed by atoms with Crippen LogP contribution in [-0.4, -0.2) is 24.7 Å². The van der Waals surface area contributed by atoms with Gasteiger partial charge in [0.05, 0.1) is 5.56 Å². The molecule has 0 bridgehead atoms. The fourth-order valence-corrected chi connectivity index (χ4v) is 1.95. The van der Waals surface area contributed by atoms with E-state index in [2.05, 4.69) is 20.2 Å². The molecule has 0 aliphatic carbocycles. The predicted molar refractivity (Wildman–Crippen MR) is 72.5 cm³/mol. The minimum Gasteiger partial charge on any atom is -0.314 e. The van der Waals surface area contributed by atoms with E-state index in [1.807, 2.05) is 0 Å². The van der Waals surface area contributed by atoms with Crippen molar-refractivity contribution in [1.29, 1.82) is 0 Å². The highest BCUT2D eigenvalue weighted by Gasteiger charge is 2.30. The van der Waals surface area contributed by atoms with E-state index in [1.54, 1.807) is 17.7 Å². The monoisotopic (exact) mass is 305 g/mol. The highest BCUT2D eigenvalue weighted by atomic mass is 19.4. The van der Waals surface area contributed by atoms with Gasteiger partial charge in [-0.25, -0.2) is 9.97 Å². The zero-order chi connectivity index (χ0) is 15.7. The van der Waals surface area contributed by atoms with Crippen molar-refractivity contribution >= 4 is 0 Å². The van der Waals surface area contributed by atoms with Crippen LogP contribution in [0.5, 0.6) is 0 Å². The second-order valence-electron chi connectivity index (χ2n) is 4.64. The first-order valence-corrected chi connectivity index (χ1v) is 6.29. The van der Waals surface area contributed by atoms with Crippen LogP contribution in [0.25, 0.3) is 22.8 Å². The molecule has 1 aromatic carbocycles. The Balaban J connectivity index is 1.95. The molecule has 0 spiro atoms. The molecule has 0 aliphatic rings. The third-order valence-electron chi connectivity index (χ3n) is 3.09. The highest BCUT2D eigenvalue weighted by molar-refractivity contribution is 5.63. The maximum absolute atomic E-state index is 12.7. The molecule has 3 rings (SSSR count). The average Bonchev–Trinajstić information content (AvgIpc) is 2.93. The van der Waals surface area contributed by atoms with Crippen molar-refractivity contribution in [2.24, 2.45) is 7.05 Å². The summed E-state index contributed by atoms with van der Waals surface area (Å²) in [5.41, 5.74) is 0.193. The molecule has 112 valence electrons. The van der Waals surface area contributed by atoms with Crippen LogP contribution in [0.2, 0.25) is 0 Å². The molecule has 0 saturated heterocycles. The zero-order valence-electron chi connectivity index (χ0n) is 11.4. The minimum absolute atomic E-state index is 0.357. The van der Waals surface area contributed by atoms with Gasteiger partial charge in [-0.15, -0.1) is 10.2 Å². The molecule has 0 radical (unpaired) electrons. The SMILES string of the molecule is Cn1cnnc1-c1ncc(-c2cccc(C(F)(F)F)c2)cn1. The van der Waals surface area contributed by atoms with E-state index in [9.17, 15) is 13.2 Å². The van der Waals surface area contributed by atoms with Crippen LogP contribution in [0.4, 0.5) is 13.2 Å². The van der Waals surface area contributed by atoms with Crippen LogP contribution in [0.1, 0.15) is 5.56 Å². The molecule has 0 amide bonds. The van der Waals surface area contributed by atoms with Crippen molar-refractivity contribution in [3.05, 3.63) is 48.5 Å². The highest BCUT2D eigenvalue weighted by Crippen LogP contribution is 2.31. The maximum Gasteiger partial charge on any atom is 0.416 e. The third-order valence-corrected chi connectivity index (χ3v) is 3.09. The molecule has 0 N–H and O–H groups in total. The summed E-state index contributed by atoms with van der Waals surface area (Å²) in [4.78, 5) is 8.27. The lowest BCUT2D eigenvalue weighted by Crippen LogP contribution is -2.04. The van der Waals surface area contributed by atoms with Crippen LogP contribution >= 0.6 is 0 Å². The Morgan fingerprint density at radius 3 is 2.36 bits per heavy atom. The van der Waals surface area contributed by atoms with Crippen LogP contribution in [0.15, 0.2) is 43.0 Å². The lowest BCUT2D eigenvalue weighted by atomic mass is 10.1. The lowest BCUT2D eigenvalue weighted by Gasteiger charge is -2.08. The molecule has 0 fully saturated rings. The van der Waals surface area contributed by atoms with Crippen molar-refractivity contribution in [1.82, 2.24) is 24.7 Å². The second kappa shape index (κ2) is 5.21. The fraction of sp³-hybridized carbons (Fsp3) is 0.143. The van der Waals surface area contributed by atoms with Gasteiger partial charge in [0.2, 0.25) is 5.82 Å². The van der Waals surface area contributed by atoms with Gasteiger partial charge in [-0.1, -0.05) is 12.1 Å². The Labute approximate surface area is 123 Å². The number of benzene rings is 1. The molecule has 8 heteroatoms. The Bertz CT molecular complexity index is 793. The van der Waals surface area contributed by atoms with Gasteiger partial charge in [-0.2, -0.15) is 13.2 Å². The van der Waals surface area contributed by atoms with Gasteiger partial charge in [0.25, 0.3) is 0 Å². The Morgan fingerprint density at radius 2 is 1.77 bits per heavy atom. The van der Waals surface area contributed by atoms with Crippen LogP contribution < -0.4 is 0 Å². The zero-order valence-corrected chi connectivity index (χ0v) is 11.4. The smallest absolute Gasteiger partial charge is 0.314 e. The van der Waals surface area contributed by atoms with Crippen LogP contribution in [-0.2, 0) is 13.2 Å². The number of aromatic nitrogens is 5. The minimum atomic E-state index is -4.38. The molecular formula is C14H10F3N5. The molecule has 2 aromatic heterocycles. The van der Waals surface area contributed by atoms with Gasteiger partial charge in [0, 0.05) is 25.0 Å². The molecule has 5 nitrogen and oxygen atoms in total. The number of hydrogen-bond acceptors (Lipinski definition) is 4. The largest absolute Gasteiger partial charge is 0.416 e. The summed E-state index contributed by atoms with van der Waals surface area (Å²) >= 11 is 0. The fourth-order valence-electron chi connectivity index (χ4n) is 1.95. The van der Waals surface area contributed by atoms with Crippen molar-refractivity contribution in [2.45, 2.75) is 6.18 Å². The quantitative estimate of drug-likeness (QED) is 0.730. The first-order valence-electron chi connectivity index (χ1n) is 6.29. The van der Waals surface area contributed by atoms with Crippen molar-refractivity contribution in [3.8, 4) is 22.8 Å². The summed E-state index contributed by atoms with van der Waals surface area (Å²) < 4.78 is 39.8. The molecule has 3 aromatic rings. The Kier molecular flexibility index (Phi) is 3.36. The summed E-state index contributed by atoms with van der Waals surface area (Å²) in [6.07, 6.45) is 0.0633. The summed E-state index contributed by atoms with van der Waals surface area (Å²) in [6.45, 7) is 0. The first kappa shape index (κ1) is 14.2. The van der Waals surface area contributed by atoms with Gasteiger partial charge in [0.1, 0.15) is 6.33 Å². The van der Waals surface area contributed by atoms with E-state index >= 15 is 0 Å². The Hall–Kier alpha value is -2.77. The van der Waals surface area contributed by atoms with Crippen molar-refractivity contribution < 1.29 is 13.2 Å². The van der Waals surface area contributed by atoms with E-state index in [0.29, 0.717) is 22.8 Å². The summed E-state index contributed by atoms with van der Waals surface area (Å²) in [6, 6.07) is 5.03. The van der Waals surface area contributed by atoms with E-state index < -0.39 is 11.7 Å². The molecule has 2 heterocycles. The summed E-state index contributed by atoms with van der Waals surface area (Å²) in [5, 5.41) is 7.60. The summed E-state index contributed by atoms with van der Waals surface area (Å²) in [7, 11) is 1.75. The lowest BCUT2D eigenvalue weighted by molar-refractivity contribution is -0.137. The van der Waals surface area contributed by atoms with Gasteiger partial charge in [-0.05, 0) is 17.7 Å². The van der Waals surface area contributed by atoms with E-state index in [-0.39, 0.29) is 0 Å². The van der Waals surface area contributed by atoms with Crippen molar-refractivity contribution in [3.63, 3.8) is 0 Å². The van der Waals surface area contributed by atoms with Gasteiger partial charge in [-0.3, -0.25) is 0 Å². The number of alkyl halides is 3. The van der Waals surface area contributed by atoms with Crippen LogP contribution in [0, 0.1) is 0 Å². The molecule has 0 atom stereocenters. The summed E-state index contributed by atoms with van der Waals surface area (Å²) in [5.74, 6) is 0.839. The molecule has 0 unspecified atom stereocenters. The number of rotatable bonds is 2. The number of aryl methyl sites for hydroxylation is 1. The predicted octanol–water partition coefficient (Wildman–Crippen LogP) is 2.96. The number of nitrogens with zero attached hydrogens (tertiary/aromatic N) is 5. The van der Waals surface area contributed by atoms with Gasteiger partial charge < -0.3 is 4.57 Å². The number of halogens is 3. The normalized spacial score (nSPS) is 11.6. The topological polar surface area (TPSA) is 56.5 Å². The first-order chi connectivity index (χ1) is 10.4. The molecule has 0 saturated carbocycles. The van der Waals surface area contributed by atoms with E-state index in [1.165, 1.54) is 24.8 Å². The van der Waals surface area contributed by atoms with E-state index in [4.69, 9.17) is 0 Å². The van der Waals surface area contributed by atoms with Gasteiger partial charge in [0.15, 0.2) is 5.82 Å². The molecule has 0 aliphatic heterocycles. The molecular weight excluding hydrogens is 295 g/mol. The Morgan fingerprint density at radius 1 is 1.05 bits per heavy atom. The molecule has 22 heavy (non-hydrogen) atoms. The van der Waals surface area contributed by atoms with Crippen LogP contribution in [0.3, 0.4) is 0 Å². The van der Waals surface area contributed by atoms with Crippen molar-refractivity contribution in [2.75, 3.05) is 0 Å². The second-order valence-corrected chi connectivity index (χ2v) is 4.64. The number of hydrogen-bond donors (Lipinski definition) is 0. The standard InChI is InChI=1S/C14H10F3N5/c1-22-8-20-21-13(22)12-18-6-10(7-19-12)9-3-2-4-11(5-9)14(15,16)17/h2-8H,1H3. The van der Waals surface area contributed by atoms with E-state index in [0.717, 1.165) is 12.1 Å². The van der Waals surface area contributed by atoms with Gasteiger partial charge >= 0.3 is 6.18 Å². The average molecular weight is 305 g/mol.